The van der Waals surface area contributed by atoms with Crippen molar-refractivity contribution in [1.29, 1.82) is 0 Å². The molecular weight excluding hydrogens is 250 g/mol. The Morgan fingerprint density at radius 2 is 1.41 bits per heavy atom. The molecule has 0 amide bonds. The van der Waals surface area contributed by atoms with Crippen LogP contribution in [0.2, 0.25) is 5.28 Å². The molecule has 0 unspecified atom stereocenters. The summed E-state index contributed by atoms with van der Waals surface area (Å²) in [5.74, 6) is -0.0563. The highest BCUT2D eigenvalue weighted by Crippen LogP contribution is 2.16. The van der Waals surface area contributed by atoms with Gasteiger partial charge in [0.15, 0.2) is 0 Å². The fourth-order valence-corrected chi connectivity index (χ4v) is 1.18. The zero-order valence-corrected chi connectivity index (χ0v) is 10.00. The van der Waals surface area contributed by atoms with Gasteiger partial charge in [0.05, 0.1) is 10.6 Å². The molecular formula is C7H10ClN7O2. The minimum Gasteiger partial charge on any atom is -0.195 e. The van der Waals surface area contributed by atoms with E-state index in [1.165, 1.54) is 0 Å². The predicted octanol–water partition coefficient (Wildman–Crippen LogP) is 1.54. The molecule has 0 bridgehead atoms. The highest BCUT2D eigenvalue weighted by atomic mass is 35.5. The highest BCUT2D eigenvalue weighted by molar-refractivity contribution is 6.28. The van der Waals surface area contributed by atoms with Gasteiger partial charge in [-0.2, -0.15) is 25.0 Å². The van der Waals surface area contributed by atoms with E-state index in [-0.39, 0.29) is 30.3 Å². The molecule has 0 saturated carbocycles. The molecule has 9 nitrogen and oxygen atoms in total. The Morgan fingerprint density at radius 1 is 1.00 bits per heavy atom. The largest absolute Gasteiger partial charge is 0.254 e. The van der Waals surface area contributed by atoms with Crippen LogP contribution in [-0.2, 0) is 0 Å². The zero-order valence-electron chi connectivity index (χ0n) is 9.24. The van der Waals surface area contributed by atoms with Gasteiger partial charge in [-0.15, -0.1) is 9.81 Å². The van der Waals surface area contributed by atoms with Crippen LogP contribution in [0.3, 0.4) is 0 Å². The van der Waals surface area contributed by atoms with Crippen LogP contribution in [0.4, 0.5) is 11.9 Å². The number of anilines is 2. The van der Waals surface area contributed by atoms with Gasteiger partial charge in [0.1, 0.15) is 0 Å². The quantitative estimate of drug-likeness (QED) is 0.563. The first-order chi connectivity index (χ1) is 8.15. The van der Waals surface area contributed by atoms with E-state index in [1.807, 2.05) is 0 Å². The Morgan fingerprint density at radius 3 is 1.71 bits per heavy atom. The van der Waals surface area contributed by atoms with E-state index in [9.17, 15) is 9.81 Å². The van der Waals surface area contributed by atoms with Crippen LogP contribution in [0, 0.1) is 9.81 Å². The summed E-state index contributed by atoms with van der Waals surface area (Å²) in [6.45, 7) is 3.91. The van der Waals surface area contributed by atoms with Gasteiger partial charge in [-0.1, -0.05) is 0 Å². The molecule has 10 heteroatoms. The molecule has 1 heterocycles. The Labute approximate surface area is 102 Å². The normalized spacial score (nSPS) is 9.82. The fraction of sp³-hybridized carbons (Fsp3) is 0.571. The lowest BCUT2D eigenvalue weighted by Crippen LogP contribution is -2.22. The molecule has 0 saturated heterocycles. The SMILES string of the molecule is CCN(N=O)c1nc(Cl)nc(N(CC)N=O)n1. The average Bonchev–Trinajstić information content (AvgIpc) is 2.31. The molecule has 17 heavy (non-hydrogen) atoms. The van der Waals surface area contributed by atoms with Gasteiger partial charge in [0, 0.05) is 13.1 Å². The Kier molecular flexibility index (Phi) is 4.64. The first-order valence-electron chi connectivity index (χ1n) is 4.79. The van der Waals surface area contributed by atoms with Crippen LogP contribution >= 0.6 is 11.6 Å². The third-order valence-corrected chi connectivity index (χ3v) is 2.01. The molecule has 0 aliphatic heterocycles. The van der Waals surface area contributed by atoms with Crippen LogP contribution in [0.15, 0.2) is 10.6 Å². The lowest BCUT2D eigenvalue weighted by Gasteiger charge is -2.14. The van der Waals surface area contributed by atoms with Gasteiger partial charge in [0.2, 0.25) is 5.28 Å². The van der Waals surface area contributed by atoms with Crippen LogP contribution < -0.4 is 10.0 Å². The van der Waals surface area contributed by atoms with Gasteiger partial charge in [-0.25, -0.2) is 0 Å². The molecule has 0 atom stereocenters. The summed E-state index contributed by atoms with van der Waals surface area (Å²) in [5.41, 5.74) is 0. The fourth-order valence-electron chi connectivity index (χ4n) is 1.03. The number of rotatable bonds is 6. The van der Waals surface area contributed by atoms with Crippen LogP contribution in [0.1, 0.15) is 13.8 Å². The van der Waals surface area contributed by atoms with Gasteiger partial charge < -0.3 is 0 Å². The summed E-state index contributed by atoms with van der Waals surface area (Å²) in [5, 5.41) is 7.25. The topological polar surface area (TPSA) is 104 Å². The molecule has 92 valence electrons. The molecule has 1 aromatic rings. The monoisotopic (exact) mass is 259 g/mol. The number of nitroso groups, excluding NO2 is 2. The predicted molar refractivity (Wildman–Crippen MR) is 62.5 cm³/mol. The number of aromatic nitrogens is 3. The molecule has 0 N–H and O–H groups in total. The van der Waals surface area contributed by atoms with E-state index < -0.39 is 0 Å². The second-order valence-electron chi connectivity index (χ2n) is 2.80. The van der Waals surface area contributed by atoms with Crippen molar-refractivity contribution in [1.82, 2.24) is 15.0 Å². The second kappa shape index (κ2) is 5.99. The van der Waals surface area contributed by atoms with E-state index in [0.29, 0.717) is 0 Å². The maximum absolute atomic E-state index is 10.5. The molecule has 0 fully saturated rings. The Balaban J connectivity index is 3.17. The minimum absolute atomic E-state index is 0.0281. The van der Waals surface area contributed by atoms with Crippen molar-refractivity contribution in [2.45, 2.75) is 13.8 Å². The highest BCUT2D eigenvalue weighted by Gasteiger charge is 2.15. The van der Waals surface area contributed by atoms with E-state index in [2.05, 4.69) is 25.5 Å². The van der Waals surface area contributed by atoms with Crippen molar-refractivity contribution in [2.75, 3.05) is 23.1 Å². The third kappa shape index (κ3) is 3.03. The van der Waals surface area contributed by atoms with Gasteiger partial charge in [-0.3, -0.25) is 0 Å². The first-order valence-corrected chi connectivity index (χ1v) is 5.17. The van der Waals surface area contributed by atoms with E-state index >= 15 is 0 Å². The summed E-state index contributed by atoms with van der Waals surface area (Å²) in [7, 11) is 0. The summed E-state index contributed by atoms with van der Waals surface area (Å²) in [4.78, 5) is 32.3. The molecule has 1 rings (SSSR count). The first kappa shape index (κ1) is 13.2. The summed E-state index contributed by atoms with van der Waals surface area (Å²) in [6.07, 6.45) is 0. The smallest absolute Gasteiger partial charge is 0.195 e. The number of hydrogen-bond donors (Lipinski definition) is 0. The summed E-state index contributed by atoms with van der Waals surface area (Å²) >= 11 is 5.66. The standard InChI is InChI=1S/C7H10ClN7O2/c1-3-14(12-16)6-9-5(8)10-7(11-6)15(4-2)13-17/h3-4H2,1-2H3. The summed E-state index contributed by atoms with van der Waals surface area (Å²) in [6, 6.07) is 0. The minimum atomic E-state index is -0.144. The summed E-state index contributed by atoms with van der Waals surface area (Å²) < 4.78 is 0. The van der Waals surface area contributed by atoms with Crippen molar-refractivity contribution in [3.05, 3.63) is 15.1 Å². The Hall–Kier alpha value is -1.90. The molecule has 0 aromatic carbocycles. The molecule has 0 aliphatic carbocycles. The number of hydrogen-bond acceptors (Lipinski definition) is 7. The van der Waals surface area contributed by atoms with Crippen LogP contribution in [-0.4, -0.2) is 28.0 Å². The molecule has 0 aliphatic rings. The van der Waals surface area contributed by atoms with Gasteiger partial charge >= 0.3 is 0 Å². The van der Waals surface area contributed by atoms with Crippen molar-refractivity contribution < 1.29 is 0 Å². The maximum atomic E-state index is 10.5. The molecule has 0 spiro atoms. The maximum Gasteiger partial charge on any atom is 0.254 e. The van der Waals surface area contributed by atoms with Crippen LogP contribution in [0.5, 0.6) is 0 Å². The van der Waals surface area contributed by atoms with Crippen molar-refractivity contribution in [3.8, 4) is 0 Å². The van der Waals surface area contributed by atoms with E-state index in [1.54, 1.807) is 13.8 Å². The second-order valence-corrected chi connectivity index (χ2v) is 3.14. The Bertz CT molecular complexity index is 381. The lowest BCUT2D eigenvalue weighted by atomic mass is 10.6. The lowest BCUT2D eigenvalue weighted by molar-refractivity contribution is 0.786. The van der Waals surface area contributed by atoms with Crippen molar-refractivity contribution in [3.63, 3.8) is 0 Å². The molecule has 0 radical (unpaired) electrons. The van der Waals surface area contributed by atoms with Crippen molar-refractivity contribution >= 4 is 23.5 Å². The van der Waals surface area contributed by atoms with E-state index in [0.717, 1.165) is 10.0 Å². The number of halogens is 1. The van der Waals surface area contributed by atoms with Gasteiger partial charge in [-0.05, 0) is 25.4 Å². The average molecular weight is 260 g/mol. The third-order valence-electron chi connectivity index (χ3n) is 1.84. The van der Waals surface area contributed by atoms with E-state index in [4.69, 9.17) is 11.6 Å². The number of nitrogens with zero attached hydrogens (tertiary/aromatic N) is 7. The van der Waals surface area contributed by atoms with Crippen LogP contribution in [0.25, 0.3) is 0 Å². The molecule has 1 aromatic heterocycles. The van der Waals surface area contributed by atoms with Gasteiger partial charge in [0.25, 0.3) is 11.9 Å². The van der Waals surface area contributed by atoms with Crippen molar-refractivity contribution in [2.24, 2.45) is 10.6 Å². The zero-order chi connectivity index (χ0) is 12.8.